The number of rotatable bonds is 3. The van der Waals surface area contributed by atoms with Crippen molar-refractivity contribution in [3.8, 4) is 16.9 Å². The van der Waals surface area contributed by atoms with Crippen molar-refractivity contribution in [2.75, 3.05) is 7.11 Å². The first-order valence-electron chi connectivity index (χ1n) is 5.04. The van der Waals surface area contributed by atoms with E-state index in [1.54, 1.807) is 13.2 Å². The van der Waals surface area contributed by atoms with Gasteiger partial charge in [-0.05, 0) is 11.6 Å². The first kappa shape index (κ1) is 10.4. The fraction of sp³-hybridized carbons (Fsp3) is 0.0714. The molecule has 80 valence electrons. The molecule has 2 heteroatoms. The molecule has 0 heterocycles. The Morgan fingerprint density at radius 3 is 2.38 bits per heavy atom. The van der Waals surface area contributed by atoms with Gasteiger partial charge < -0.3 is 4.74 Å². The van der Waals surface area contributed by atoms with Gasteiger partial charge in [0, 0.05) is 11.1 Å². The monoisotopic (exact) mass is 212 g/mol. The molecule has 0 atom stereocenters. The summed E-state index contributed by atoms with van der Waals surface area (Å²) in [7, 11) is 1.61. The maximum absolute atomic E-state index is 11.0. The Kier molecular flexibility index (Phi) is 3.01. The zero-order valence-corrected chi connectivity index (χ0v) is 9.01. The van der Waals surface area contributed by atoms with Gasteiger partial charge in [0.25, 0.3) is 0 Å². The summed E-state index contributed by atoms with van der Waals surface area (Å²) >= 11 is 0. The van der Waals surface area contributed by atoms with Crippen molar-refractivity contribution in [1.82, 2.24) is 0 Å². The SMILES string of the molecule is COc1cccc(C=O)c1-c1ccccc1. The molecular weight excluding hydrogens is 200 g/mol. The van der Waals surface area contributed by atoms with Gasteiger partial charge in [0.1, 0.15) is 5.75 Å². The molecule has 2 aromatic carbocycles. The van der Waals surface area contributed by atoms with Gasteiger partial charge >= 0.3 is 0 Å². The van der Waals surface area contributed by atoms with Gasteiger partial charge in [-0.15, -0.1) is 0 Å². The molecule has 2 nitrogen and oxygen atoms in total. The molecule has 0 N–H and O–H groups in total. The molecule has 0 aliphatic heterocycles. The smallest absolute Gasteiger partial charge is 0.150 e. The molecule has 0 fully saturated rings. The predicted octanol–water partition coefficient (Wildman–Crippen LogP) is 3.17. The number of hydrogen-bond donors (Lipinski definition) is 0. The summed E-state index contributed by atoms with van der Waals surface area (Å²) in [5.41, 5.74) is 2.48. The summed E-state index contributed by atoms with van der Waals surface area (Å²) in [6.07, 6.45) is 0.852. The largest absolute Gasteiger partial charge is 0.496 e. The predicted molar refractivity (Wildman–Crippen MR) is 63.8 cm³/mol. The van der Waals surface area contributed by atoms with Crippen LogP contribution in [0.3, 0.4) is 0 Å². The molecule has 0 aromatic heterocycles. The van der Waals surface area contributed by atoms with Crippen LogP contribution in [-0.2, 0) is 0 Å². The Bertz CT molecular complexity index is 489. The Balaban J connectivity index is 2.66. The van der Waals surface area contributed by atoms with Gasteiger partial charge in [0.05, 0.1) is 7.11 Å². The molecule has 0 saturated heterocycles. The Morgan fingerprint density at radius 2 is 1.75 bits per heavy atom. The molecule has 2 rings (SSSR count). The third-order valence-electron chi connectivity index (χ3n) is 2.47. The van der Waals surface area contributed by atoms with E-state index in [1.807, 2.05) is 42.5 Å². The highest BCUT2D eigenvalue weighted by Crippen LogP contribution is 2.32. The van der Waals surface area contributed by atoms with Crippen LogP contribution < -0.4 is 4.74 Å². The van der Waals surface area contributed by atoms with E-state index in [-0.39, 0.29) is 0 Å². The third-order valence-corrected chi connectivity index (χ3v) is 2.47. The molecule has 16 heavy (non-hydrogen) atoms. The average molecular weight is 212 g/mol. The van der Waals surface area contributed by atoms with E-state index in [4.69, 9.17) is 4.74 Å². The van der Waals surface area contributed by atoms with Crippen molar-refractivity contribution in [3.05, 3.63) is 54.1 Å². The zero-order chi connectivity index (χ0) is 11.4. The minimum Gasteiger partial charge on any atom is -0.496 e. The number of carbonyl (C=O) groups is 1. The van der Waals surface area contributed by atoms with Crippen LogP contribution in [0.4, 0.5) is 0 Å². The highest BCUT2D eigenvalue weighted by molar-refractivity contribution is 5.90. The minimum atomic E-state index is 0.644. The first-order chi connectivity index (χ1) is 7.86. The van der Waals surface area contributed by atoms with E-state index in [1.165, 1.54) is 0 Å². The summed E-state index contributed by atoms with van der Waals surface area (Å²) in [6.45, 7) is 0. The lowest BCUT2D eigenvalue weighted by atomic mass is 9.99. The van der Waals surface area contributed by atoms with Crippen molar-refractivity contribution in [2.45, 2.75) is 0 Å². The molecule has 0 amide bonds. The molecule has 0 aliphatic carbocycles. The normalized spacial score (nSPS) is 9.81. The van der Waals surface area contributed by atoms with Crippen LogP contribution in [0.25, 0.3) is 11.1 Å². The van der Waals surface area contributed by atoms with Crippen LogP contribution in [0.2, 0.25) is 0 Å². The standard InChI is InChI=1S/C14H12O2/c1-16-13-9-5-8-12(10-15)14(13)11-6-3-2-4-7-11/h2-10H,1H3. The van der Waals surface area contributed by atoms with Crippen molar-refractivity contribution < 1.29 is 9.53 Å². The lowest BCUT2D eigenvalue weighted by molar-refractivity contribution is 0.112. The van der Waals surface area contributed by atoms with Gasteiger partial charge in [-0.1, -0.05) is 42.5 Å². The van der Waals surface area contributed by atoms with Crippen LogP contribution in [0.15, 0.2) is 48.5 Å². The van der Waals surface area contributed by atoms with Crippen LogP contribution in [0.5, 0.6) is 5.75 Å². The maximum atomic E-state index is 11.0. The number of hydrogen-bond acceptors (Lipinski definition) is 2. The van der Waals surface area contributed by atoms with E-state index in [0.717, 1.165) is 23.2 Å². The zero-order valence-electron chi connectivity index (χ0n) is 9.01. The van der Waals surface area contributed by atoms with Gasteiger partial charge in [-0.3, -0.25) is 4.79 Å². The second-order valence-corrected chi connectivity index (χ2v) is 3.41. The number of methoxy groups -OCH3 is 1. The lowest BCUT2D eigenvalue weighted by Crippen LogP contribution is -1.92. The summed E-state index contributed by atoms with van der Waals surface area (Å²) in [6, 6.07) is 15.2. The van der Waals surface area contributed by atoms with Gasteiger partial charge in [0.15, 0.2) is 6.29 Å². The van der Waals surface area contributed by atoms with Crippen LogP contribution in [0.1, 0.15) is 10.4 Å². The van der Waals surface area contributed by atoms with E-state index >= 15 is 0 Å². The number of benzene rings is 2. The fourth-order valence-electron chi connectivity index (χ4n) is 1.73. The molecule has 0 aliphatic rings. The van der Waals surface area contributed by atoms with Crippen LogP contribution >= 0.6 is 0 Å². The number of carbonyl (C=O) groups excluding carboxylic acids is 1. The molecule has 0 saturated carbocycles. The maximum Gasteiger partial charge on any atom is 0.150 e. The highest BCUT2D eigenvalue weighted by Gasteiger charge is 2.09. The molecule has 0 radical (unpaired) electrons. The van der Waals surface area contributed by atoms with Crippen LogP contribution in [0, 0.1) is 0 Å². The van der Waals surface area contributed by atoms with Gasteiger partial charge in [0.2, 0.25) is 0 Å². The molecule has 2 aromatic rings. The molecule has 0 spiro atoms. The molecule has 0 bridgehead atoms. The highest BCUT2D eigenvalue weighted by atomic mass is 16.5. The summed E-state index contributed by atoms with van der Waals surface area (Å²) in [5.74, 6) is 0.718. The quantitative estimate of drug-likeness (QED) is 0.730. The first-order valence-corrected chi connectivity index (χ1v) is 5.04. The Labute approximate surface area is 94.5 Å². The van der Waals surface area contributed by atoms with E-state index in [9.17, 15) is 4.79 Å². The summed E-state index contributed by atoms with van der Waals surface area (Å²) in [5, 5.41) is 0. The van der Waals surface area contributed by atoms with Crippen molar-refractivity contribution in [2.24, 2.45) is 0 Å². The van der Waals surface area contributed by atoms with E-state index < -0.39 is 0 Å². The van der Waals surface area contributed by atoms with Crippen LogP contribution in [-0.4, -0.2) is 13.4 Å². The van der Waals surface area contributed by atoms with Crippen molar-refractivity contribution in [1.29, 1.82) is 0 Å². The van der Waals surface area contributed by atoms with E-state index in [0.29, 0.717) is 5.56 Å². The Hall–Kier alpha value is -2.09. The molecular formula is C14H12O2. The second-order valence-electron chi connectivity index (χ2n) is 3.41. The van der Waals surface area contributed by atoms with Gasteiger partial charge in [-0.25, -0.2) is 0 Å². The number of aldehydes is 1. The average Bonchev–Trinajstić information content (AvgIpc) is 2.38. The number of ether oxygens (including phenoxy) is 1. The summed E-state index contributed by atoms with van der Waals surface area (Å²) in [4.78, 5) is 11.0. The minimum absolute atomic E-state index is 0.644. The third kappa shape index (κ3) is 1.82. The second kappa shape index (κ2) is 4.62. The lowest BCUT2D eigenvalue weighted by Gasteiger charge is -2.10. The van der Waals surface area contributed by atoms with Gasteiger partial charge in [-0.2, -0.15) is 0 Å². The van der Waals surface area contributed by atoms with Crippen molar-refractivity contribution >= 4 is 6.29 Å². The molecule has 0 unspecified atom stereocenters. The van der Waals surface area contributed by atoms with E-state index in [2.05, 4.69) is 0 Å². The fourth-order valence-corrected chi connectivity index (χ4v) is 1.73. The van der Waals surface area contributed by atoms with Crippen molar-refractivity contribution in [3.63, 3.8) is 0 Å². The Morgan fingerprint density at radius 1 is 1.00 bits per heavy atom. The topological polar surface area (TPSA) is 26.3 Å². The summed E-state index contributed by atoms with van der Waals surface area (Å²) < 4.78 is 5.28.